The molecule has 274 valence electrons. The number of hydrogen-bond acceptors (Lipinski definition) is 8. The van der Waals surface area contributed by atoms with Crippen molar-refractivity contribution in [2.75, 3.05) is 93.3 Å². The summed E-state index contributed by atoms with van der Waals surface area (Å²) < 4.78 is 33.8. The van der Waals surface area contributed by atoms with Gasteiger partial charge >= 0.3 is 12.2 Å². The van der Waals surface area contributed by atoms with Crippen molar-refractivity contribution in [2.45, 2.75) is 11.8 Å². The van der Waals surface area contributed by atoms with Crippen molar-refractivity contribution < 1.29 is 38.0 Å². The molecule has 0 aromatic heterocycles. The average Bonchev–Trinajstić information content (AvgIpc) is 3.68. The van der Waals surface area contributed by atoms with Crippen LogP contribution < -0.4 is 0 Å². The van der Waals surface area contributed by atoms with Crippen LogP contribution in [0.4, 0.5) is 9.59 Å². The molecule has 10 nitrogen and oxygen atoms in total. The Morgan fingerprint density at radius 2 is 0.712 bits per heavy atom. The molecule has 10 heteroatoms. The standard InChI is InChI=1S/C42H48N2O8/c1-43(41(45)51-29-39-35-15-7-3-11-31(35)32-12-4-8-16-36(32)39)19-21-47-23-25-49-27-28-50-26-24-48-22-20-44(2)42(46)52-30-40-37-17-9-5-13-33(37)34-14-6-10-18-38(34)40/h3-18,39-40H,19-30H2,1-2H3. The highest BCUT2D eigenvalue weighted by Gasteiger charge is 2.30. The number of likely N-dealkylation sites (N-methyl/N-ethyl adjacent to an activating group) is 2. The van der Waals surface area contributed by atoms with E-state index in [0.717, 1.165) is 0 Å². The van der Waals surface area contributed by atoms with Crippen molar-refractivity contribution in [3.63, 3.8) is 0 Å². The summed E-state index contributed by atoms with van der Waals surface area (Å²) in [5.41, 5.74) is 9.57. The second kappa shape index (κ2) is 18.7. The highest BCUT2D eigenvalue weighted by Crippen LogP contribution is 2.45. The van der Waals surface area contributed by atoms with E-state index >= 15 is 0 Å². The molecule has 0 N–H and O–H groups in total. The van der Waals surface area contributed by atoms with Crippen LogP contribution in [0.3, 0.4) is 0 Å². The van der Waals surface area contributed by atoms with E-state index in [1.165, 1.54) is 54.3 Å². The fraction of sp³-hybridized carbons (Fsp3) is 0.381. The summed E-state index contributed by atoms with van der Waals surface area (Å²) in [6, 6.07) is 33.1. The third-order valence-corrected chi connectivity index (χ3v) is 9.55. The van der Waals surface area contributed by atoms with E-state index in [1.54, 1.807) is 14.1 Å². The van der Waals surface area contributed by atoms with Crippen molar-refractivity contribution in [1.82, 2.24) is 9.80 Å². The van der Waals surface area contributed by atoms with Crippen molar-refractivity contribution in [2.24, 2.45) is 0 Å². The molecule has 52 heavy (non-hydrogen) atoms. The van der Waals surface area contributed by atoms with Crippen LogP contribution in [0.25, 0.3) is 22.3 Å². The zero-order valence-electron chi connectivity index (χ0n) is 30.0. The van der Waals surface area contributed by atoms with Crippen molar-refractivity contribution in [3.8, 4) is 22.3 Å². The number of carbonyl (C=O) groups excluding carboxylic acids is 2. The van der Waals surface area contributed by atoms with E-state index in [9.17, 15) is 9.59 Å². The SMILES string of the molecule is CN(CCOCCOCCOCCOCCN(C)C(=O)OCC1c2ccccc2-c2ccccc21)C(=O)OCC1c2ccccc2-c2ccccc21. The van der Waals surface area contributed by atoms with Crippen LogP contribution >= 0.6 is 0 Å². The van der Waals surface area contributed by atoms with Crippen LogP contribution in [0.15, 0.2) is 97.1 Å². The van der Waals surface area contributed by atoms with Gasteiger partial charge in [-0.05, 0) is 44.5 Å². The summed E-state index contributed by atoms with van der Waals surface area (Å²) in [6.07, 6.45) is -0.740. The maximum absolute atomic E-state index is 12.6. The van der Waals surface area contributed by atoms with Gasteiger partial charge in [0, 0.05) is 39.0 Å². The van der Waals surface area contributed by atoms with Gasteiger partial charge in [0.15, 0.2) is 0 Å². The number of amides is 2. The van der Waals surface area contributed by atoms with Gasteiger partial charge in [-0.1, -0.05) is 97.1 Å². The fourth-order valence-electron chi connectivity index (χ4n) is 6.76. The van der Waals surface area contributed by atoms with Crippen LogP contribution in [0.5, 0.6) is 0 Å². The van der Waals surface area contributed by atoms with Gasteiger partial charge in [-0.15, -0.1) is 0 Å². The van der Waals surface area contributed by atoms with E-state index in [-0.39, 0.29) is 24.0 Å². The first-order valence-corrected chi connectivity index (χ1v) is 18.0. The third-order valence-electron chi connectivity index (χ3n) is 9.55. The lowest BCUT2D eigenvalue weighted by molar-refractivity contribution is -0.00495. The van der Waals surface area contributed by atoms with Crippen molar-refractivity contribution in [1.29, 1.82) is 0 Å². The molecule has 0 bridgehead atoms. The Morgan fingerprint density at radius 1 is 0.442 bits per heavy atom. The number of hydrogen-bond donors (Lipinski definition) is 0. The summed E-state index contributed by atoms with van der Waals surface area (Å²) in [6.45, 7) is 4.75. The van der Waals surface area contributed by atoms with Gasteiger partial charge < -0.3 is 38.2 Å². The number of fused-ring (bicyclic) bond motifs is 6. The highest BCUT2D eigenvalue weighted by molar-refractivity contribution is 5.80. The predicted molar refractivity (Wildman–Crippen MR) is 199 cm³/mol. The predicted octanol–water partition coefficient (Wildman–Crippen LogP) is 6.81. The lowest BCUT2D eigenvalue weighted by Crippen LogP contribution is -2.32. The Labute approximate surface area is 306 Å². The second-order valence-electron chi connectivity index (χ2n) is 12.9. The quantitative estimate of drug-likeness (QED) is 0.0981. The van der Waals surface area contributed by atoms with Gasteiger partial charge in [0.25, 0.3) is 0 Å². The Kier molecular flexibility index (Phi) is 13.3. The zero-order chi connectivity index (χ0) is 36.1. The molecule has 2 amide bonds. The van der Waals surface area contributed by atoms with E-state index < -0.39 is 0 Å². The number of carbonyl (C=O) groups is 2. The molecule has 0 fully saturated rings. The van der Waals surface area contributed by atoms with E-state index in [0.29, 0.717) is 79.2 Å². The van der Waals surface area contributed by atoms with Gasteiger partial charge in [0.2, 0.25) is 0 Å². The minimum Gasteiger partial charge on any atom is -0.448 e. The Hall–Kier alpha value is -4.74. The van der Waals surface area contributed by atoms with E-state index in [2.05, 4.69) is 48.5 Å². The van der Waals surface area contributed by atoms with Crippen molar-refractivity contribution in [3.05, 3.63) is 119 Å². The molecule has 0 saturated carbocycles. The maximum Gasteiger partial charge on any atom is 0.409 e. The number of rotatable bonds is 19. The highest BCUT2D eigenvalue weighted by atomic mass is 16.6. The molecule has 6 rings (SSSR count). The lowest BCUT2D eigenvalue weighted by Gasteiger charge is -2.20. The summed E-state index contributed by atoms with van der Waals surface area (Å²) in [5.74, 6) is 0.0659. The summed E-state index contributed by atoms with van der Waals surface area (Å²) >= 11 is 0. The van der Waals surface area contributed by atoms with Crippen LogP contribution in [-0.4, -0.2) is 115 Å². The minimum absolute atomic E-state index is 0.0330. The largest absolute Gasteiger partial charge is 0.448 e. The Bertz CT molecular complexity index is 1560. The summed E-state index contributed by atoms with van der Waals surface area (Å²) in [4.78, 5) is 28.3. The smallest absolute Gasteiger partial charge is 0.409 e. The van der Waals surface area contributed by atoms with Gasteiger partial charge in [-0.25, -0.2) is 9.59 Å². The first-order chi connectivity index (χ1) is 25.5. The molecule has 0 aliphatic heterocycles. The molecule has 0 spiro atoms. The van der Waals surface area contributed by atoms with Crippen molar-refractivity contribution >= 4 is 12.2 Å². The summed E-state index contributed by atoms with van der Waals surface area (Å²) in [7, 11) is 3.42. The molecule has 2 aliphatic carbocycles. The van der Waals surface area contributed by atoms with Crippen LogP contribution in [0, 0.1) is 0 Å². The third kappa shape index (κ3) is 9.18. The van der Waals surface area contributed by atoms with Gasteiger partial charge in [0.05, 0.1) is 52.9 Å². The monoisotopic (exact) mass is 708 g/mol. The molecule has 4 aromatic carbocycles. The van der Waals surface area contributed by atoms with Gasteiger partial charge in [-0.3, -0.25) is 0 Å². The van der Waals surface area contributed by atoms with E-state index in [4.69, 9.17) is 28.4 Å². The Morgan fingerprint density at radius 3 is 1.02 bits per heavy atom. The summed E-state index contributed by atoms with van der Waals surface area (Å²) in [5, 5.41) is 0. The molecule has 0 heterocycles. The number of benzene rings is 4. The fourth-order valence-corrected chi connectivity index (χ4v) is 6.76. The minimum atomic E-state index is -0.370. The number of ether oxygens (including phenoxy) is 6. The number of nitrogens with zero attached hydrogens (tertiary/aromatic N) is 2. The van der Waals surface area contributed by atoms with Crippen LogP contribution in [-0.2, 0) is 28.4 Å². The zero-order valence-corrected chi connectivity index (χ0v) is 30.0. The first kappa shape index (κ1) is 37.0. The van der Waals surface area contributed by atoms with Gasteiger partial charge in [-0.2, -0.15) is 0 Å². The lowest BCUT2D eigenvalue weighted by atomic mass is 9.98. The topological polar surface area (TPSA) is 96.0 Å². The normalized spacial score (nSPS) is 12.9. The molecule has 2 aliphatic rings. The second-order valence-corrected chi connectivity index (χ2v) is 12.9. The average molecular weight is 709 g/mol. The molecule has 0 unspecified atom stereocenters. The first-order valence-electron chi connectivity index (χ1n) is 18.0. The van der Waals surface area contributed by atoms with Gasteiger partial charge in [0.1, 0.15) is 13.2 Å². The molecular weight excluding hydrogens is 660 g/mol. The van der Waals surface area contributed by atoms with Crippen LogP contribution in [0.1, 0.15) is 34.1 Å². The molecular formula is C42H48N2O8. The van der Waals surface area contributed by atoms with Crippen LogP contribution in [0.2, 0.25) is 0 Å². The van der Waals surface area contributed by atoms with E-state index in [1.807, 2.05) is 48.5 Å². The molecule has 0 atom stereocenters. The molecule has 0 radical (unpaired) electrons. The Balaban J connectivity index is 0.739. The molecule has 4 aromatic rings. The maximum atomic E-state index is 12.6. The molecule has 0 saturated heterocycles.